The number of carbonyl (C=O) groups is 1. The van der Waals surface area contributed by atoms with Crippen molar-refractivity contribution in [1.29, 1.82) is 0 Å². The predicted molar refractivity (Wildman–Crippen MR) is 88.6 cm³/mol. The van der Waals surface area contributed by atoms with Crippen molar-refractivity contribution in [3.8, 4) is 5.75 Å². The minimum atomic E-state index is -0.117. The van der Waals surface area contributed by atoms with Crippen LogP contribution in [0, 0.1) is 0 Å². The Morgan fingerprint density at radius 3 is 2.64 bits per heavy atom. The number of fused-ring (bicyclic) bond motifs is 2. The molecular formula is C19H13NO2. The Morgan fingerprint density at radius 1 is 0.955 bits per heavy atom. The maximum Gasteiger partial charge on any atom is 0.256 e. The number of anilines is 1. The number of benzene rings is 3. The molecule has 4 rings (SSSR count). The first kappa shape index (κ1) is 12.7. The van der Waals surface area contributed by atoms with Crippen LogP contribution in [0.4, 0.5) is 5.69 Å². The molecule has 3 aromatic carbocycles. The average Bonchev–Trinajstić information content (AvgIpc) is 2.83. The van der Waals surface area contributed by atoms with E-state index in [1.807, 2.05) is 54.6 Å². The number of hydrogen-bond donors (Lipinski definition) is 2. The van der Waals surface area contributed by atoms with Crippen LogP contribution in [0.15, 0.2) is 60.7 Å². The molecule has 3 heteroatoms. The van der Waals surface area contributed by atoms with Crippen molar-refractivity contribution in [3.63, 3.8) is 0 Å². The number of aromatic hydroxyl groups is 1. The topological polar surface area (TPSA) is 49.3 Å². The smallest absolute Gasteiger partial charge is 0.256 e. The highest BCUT2D eigenvalue weighted by molar-refractivity contribution is 6.35. The fraction of sp³-hybridized carbons (Fsp3) is 0. The summed E-state index contributed by atoms with van der Waals surface area (Å²) in [5.74, 6) is 0.0749. The molecule has 1 aliphatic heterocycles. The highest BCUT2D eigenvalue weighted by atomic mass is 16.3. The number of hydrogen-bond acceptors (Lipinski definition) is 2. The van der Waals surface area contributed by atoms with Crippen molar-refractivity contribution in [2.24, 2.45) is 0 Å². The number of para-hydroxylation sites is 1. The fourth-order valence-corrected chi connectivity index (χ4v) is 2.88. The molecule has 0 saturated carbocycles. The summed E-state index contributed by atoms with van der Waals surface area (Å²) in [6.07, 6.45) is 1.84. The van der Waals surface area contributed by atoms with Gasteiger partial charge in [0.1, 0.15) is 5.75 Å². The van der Waals surface area contributed by atoms with Gasteiger partial charge in [-0.15, -0.1) is 0 Å². The van der Waals surface area contributed by atoms with Gasteiger partial charge < -0.3 is 10.4 Å². The third kappa shape index (κ3) is 1.95. The normalized spacial score (nSPS) is 15.1. The summed E-state index contributed by atoms with van der Waals surface area (Å²) in [5, 5.41) is 14.7. The van der Waals surface area contributed by atoms with Crippen molar-refractivity contribution in [2.75, 3.05) is 5.32 Å². The zero-order chi connectivity index (χ0) is 15.1. The van der Waals surface area contributed by atoms with Gasteiger partial charge >= 0.3 is 0 Å². The van der Waals surface area contributed by atoms with E-state index in [2.05, 4.69) is 5.32 Å². The summed E-state index contributed by atoms with van der Waals surface area (Å²) in [6.45, 7) is 0. The van der Waals surface area contributed by atoms with Gasteiger partial charge in [-0.3, -0.25) is 4.79 Å². The molecule has 0 saturated heterocycles. The van der Waals surface area contributed by atoms with Crippen molar-refractivity contribution in [1.82, 2.24) is 0 Å². The third-order valence-corrected chi connectivity index (χ3v) is 3.89. The summed E-state index contributed by atoms with van der Waals surface area (Å²) in [6, 6.07) is 18.8. The zero-order valence-corrected chi connectivity index (χ0v) is 11.7. The van der Waals surface area contributed by atoms with Gasteiger partial charge in [-0.05, 0) is 40.6 Å². The second-order valence-corrected chi connectivity index (χ2v) is 5.31. The van der Waals surface area contributed by atoms with Crippen LogP contribution < -0.4 is 5.32 Å². The molecule has 0 aliphatic carbocycles. The van der Waals surface area contributed by atoms with Crippen molar-refractivity contribution < 1.29 is 9.90 Å². The van der Waals surface area contributed by atoms with Gasteiger partial charge in [0.2, 0.25) is 0 Å². The zero-order valence-electron chi connectivity index (χ0n) is 11.7. The Hall–Kier alpha value is -3.07. The number of amides is 1. The highest BCUT2D eigenvalue weighted by Gasteiger charge is 2.23. The van der Waals surface area contributed by atoms with E-state index in [0.717, 1.165) is 27.6 Å². The predicted octanol–water partition coefficient (Wildman–Crippen LogP) is 4.04. The van der Waals surface area contributed by atoms with Gasteiger partial charge in [0, 0.05) is 16.8 Å². The lowest BCUT2D eigenvalue weighted by molar-refractivity contribution is -0.110. The fourth-order valence-electron chi connectivity index (χ4n) is 2.88. The molecule has 3 aromatic rings. The largest absolute Gasteiger partial charge is 0.508 e. The molecule has 0 spiro atoms. The van der Waals surface area contributed by atoms with E-state index >= 15 is 0 Å². The van der Waals surface area contributed by atoms with Gasteiger partial charge in [0.15, 0.2) is 0 Å². The molecule has 1 aliphatic rings. The maximum absolute atomic E-state index is 12.2. The van der Waals surface area contributed by atoms with Crippen molar-refractivity contribution >= 4 is 34.0 Å². The van der Waals surface area contributed by atoms with Crippen LogP contribution in [0.3, 0.4) is 0 Å². The minimum Gasteiger partial charge on any atom is -0.508 e. The van der Waals surface area contributed by atoms with Gasteiger partial charge in [-0.1, -0.05) is 42.5 Å². The Morgan fingerprint density at radius 2 is 1.73 bits per heavy atom. The Balaban J connectivity index is 1.96. The molecule has 0 bridgehead atoms. The number of phenols is 1. The third-order valence-electron chi connectivity index (χ3n) is 3.89. The van der Waals surface area contributed by atoms with Gasteiger partial charge in [0.05, 0.1) is 0 Å². The molecule has 1 heterocycles. The number of rotatable bonds is 1. The lowest BCUT2D eigenvalue weighted by atomic mass is 9.99. The standard InChI is InChI=1S/C19H13NO2/c21-14-9-12-5-1-2-6-15(12)13(10-14)11-17-16-7-3-4-8-18(16)20-19(17)22/h1-11,21H,(H,20,22)/b17-11-. The Bertz CT molecular complexity index is 941. The molecule has 106 valence electrons. The number of carbonyl (C=O) groups excluding carboxylic acids is 1. The van der Waals surface area contributed by atoms with E-state index in [-0.39, 0.29) is 11.7 Å². The highest BCUT2D eigenvalue weighted by Crippen LogP contribution is 2.34. The van der Waals surface area contributed by atoms with Gasteiger partial charge in [0.25, 0.3) is 5.91 Å². The van der Waals surface area contributed by atoms with Gasteiger partial charge in [-0.2, -0.15) is 0 Å². The SMILES string of the molecule is O=C1Nc2ccccc2/C1=C/c1cc(O)cc2ccccc12. The Labute approximate surface area is 127 Å². The van der Waals surface area contributed by atoms with Gasteiger partial charge in [-0.25, -0.2) is 0 Å². The van der Waals surface area contributed by atoms with Crippen LogP contribution in [-0.4, -0.2) is 11.0 Å². The summed E-state index contributed by atoms with van der Waals surface area (Å²) >= 11 is 0. The molecule has 2 N–H and O–H groups in total. The van der Waals surface area contributed by atoms with E-state index < -0.39 is 0 Å². The molecular weight excluding hydrogens is 274 g/mol. The molecule has 0 radical (unpaired) electrons. The first-order valence-electron chi connectivity index (χ1n) is 7.06. The molecule has 0 aromatic heterocycles. The summed E-state index contributed by atoms with van der Waals surface area (Å²) < 4.78 is 0. The molecule has 0 atom stereocenters. The minimum absolute atomic E-state index is 0.117. The first-order valence-corrected chi connectivity index (χ1v) is 7.06. The second kappa shape index (κ2) is 4.74. The number of nitrogens with one attached hydrogen (secondary N) is 1. The average molecular weight is 287 g/mol. The van der Waals surface area contributed by atoms with Crippen LogP contribution >= 0.6 is 0 Å². The van der Waals surface area contributed by atoms with Crippen LogP contribution in [-0.2, 0) is 4.79 Å². The van der Waals surface area contributed by atoms with Crippen LogP contribution in [0.5, 0.6) is 5.75 Å². The lowest BCUT2D eigenvalue weighted by Crippen LogP contribution is -2.03. The van der Waals surface area contributed by atoms with E-state index in [1.165, 1.54) is 0 Å². The quantitative estimate of drug-likeness (QED) is 0.664. The Kier molecular flexibility index (Phi) is 2.73. The molecule has 3 nitrogen and oxygen atoms in total. The van der Waals surface area contributed by atoms with E-state index in [4.69, 9.17) is 0 Å². The van der Waals surface area contributed by atoms with Crippen LogP contribution in [0.25, 0.3) is 22.4 Å². The molecule has 1 amide bonds. The van der Waals surface area contributed by atoms with E-state index in [9.17, 15) is 9.90 Å². The molecule has 0 fully saturated rings. The maximum atomic E-state index is 12.2. The van der Waals surface area contributed by atoms with Crippen molar-refractivity contribution in [2.45, 2.75) is 0 Å². The lowest BCUT2D eigenvalue weighted by Gasteiger charge is -2.05. The van der Waals surface area contributed by atoms with E-state index in [0.29, 0.717) is 5.57 Å². The van der Waals surface area contributed by atoms with Crippen LogP contribution in [0.1, 0.15) is 11.1 Å². The monoisotopic (exact) mass is 287 g/mol. The van der Waals surface area contributed by atoms with E-state index in [1.54, 1.807) is 12.1 Å². The van der Waals surface area contributed by atoms with Crippen molar-refractivity contribution in [3.05, 3.63) is 71.8 Å². The summed E-state index contributed by atoms with van der Waals surface area (Å²) in [5.41, 5.74) is 3.16. The summed E-state index contributed by atoms with van der Waals surface area (Å²) in [7, 11) is 0. The first-order chi connectivity index (χ1) is 10.7. The van der Waals surface area contributed by atoms with Crippen LogP contribution in [0.2, 0.25) is 0 Å². The molecule has 0 unspecified atom stereocenters. The molecule has 22 heavy (non-hydrogen) atoms. The summed E-state index contributed by atoms with van der Waals surface area (Å²) in [4.78, 5) is 12.2. The second-order valence-electron chi connectivity index (χ2n) is 5.31. The number of phenolic OH excluding ortho intramolecular Hbond substituents is 1.